The normalized spacial score (nSPS) is 20.9. The van der Waals surface area contributed by atoms with Gasteiger partial charge in [0.2, 0.25) is 0 Å². The van der Waals surface area contributed by atoms with Crippen molar-refractivity contribution >= 4 is 17.0 Å². The second-order valence-corrected chi connectivity index (χ2v) is 8.92. The van der Waals surface area contributed by atoms with Crippen LogP contribution in [0.3, 0.4) is 0 Å². The van der Waals surface area contributed by atoms with E-state index in [1.807, 2.05) is 6.92 Å². The Morgan fingerprint density at radius 3 is 2.81 bits per heavy atom. The number of allylic oxidation sites excluding steroid dienone is 1. The van der Waals surface area contributed by atoms with E-state index >= 15 is 0 Å². The standard InChI is InChI=1S/C27H36N4/c1-4-14-31-15-11-21(12-16-31)22-8-9-24-25(18-22)26(10-13-29-27(24)20(3)28)30-23-7-5-6-19(2)17-23/h5-9,11,17-18,26,29-30H,4,10,12-16,28H2,1-3H3/b27-20-. The number of hydrogen-bond donors (Lipinski definition) is 3. The fourth-order valence-electron chi connectivity index (χ4n) is 4.80. The highest BCUT2D eigenvalue weighted by atomic mass is 15.1. The van der Waals surface area contributed by atoms with E-state index in [4.69, 9.17) is 5.73 Å². The van der Waals surface area contributed by atoms with Crippen LogP contribution in [0, 0.1) is 6.92 Å². The number of nitrogens with zero attached hydrogens (tertiary/aromatic N) is 1. The minimum atomic E-state index is 0.238. The van der Waals surface area contributed by atoms with Crippen molar-refractivity contribution in [1.82, 2.24) is 10.2 Å². The van der Waals surface area contributed by atoms with Crippen LogP contribution in [0.5, 0.6) is 0 Å². The molecule has 0 aromatic heterocycles. The van der Waals surface area contributed by atoms with Crippen molar-refractivity contribution in [1.29, 1.82) is 0 Å². The van der Waals surface area contributed by atoms with Gasteiger partial charge in [0.25, 0.3) is 0 Å². The molecule has 4 heteroatoms. The Kier molecular flexibility index (Phi) is 6.67. The van der Waals surface area contributed by atoms with Gasteiger partial charge in [0.05, 0.1) is 11.7 Å². The van der Waals surface area contributed by atoms with Gasteiger partial charge in [-0.15, -0.1) is 0 Å². The smallest absolute Gasteiger partial charge is 0.0605 e. The molecule has 4 nitrogen and oxygen atoms in total. The van der Waals surface area contributed by atoms with Crippen molar-refractivity contribution in [3.8, 4) is 0 Å². The molecule has 31 heavy (non-hydrogen) atoms. The Bertz CT molecular complexity index is 984. The van der Waals surface area contributed by atoms with Crippen LogP contribution in [-0.4, -0.2) is 31.1 Å². The summed E-state index contributed by atoms with van der Waals surface area (Å²) >= 11 is 0. The zero-order chi connectivity index (χ0) is 21.8. The predicted octanol–water partition coefficient (Wildman–Crippen LogP) is 5.29. The number of aryl methyl sites for hydroxylation is 1. The van der Waals surface area contributed by atoms with Gasteiger partial charge in [0.1, 0.15) is 0 Å². The van der Waals surface area contributed by atoms with Gasteiger partial charge >= 0.3 is 0 Å². The average Bonchev–Trinajstić information content (AvgIpc) is 2.94. The molecule has 0 bridgehead atoms. The second-order valence-electron chi connectivity index (χ2n) is 8.92. The van der Waals surface area contributed by atoms with E-state index in [9.17, 15) is 0 Å². The summed E-state index contributed by atoms with van der Waals surface area (Å²) in [5.74, 6) is 0. The molecule has 0 spiro atoms. The molecule has 4 rings (SSSR count). The van der Waals surface area contributed by atoms with Crippen LogP contribution in [0.25, 0.3) is 11.3 Å². The number of hydrogen-bond acceptors (Lipinski definition) is 4. The largest absolute Gasteiger partial charge is 0.401 e. The predicted molar refractivity (Wildman–Crippen MR) is 133 cm³/mol. The van der Waals surface area contributed by atoms with E-state index in [1.165, 1.54) is 46.5 Å². The SMILES string of the molecule is CCCN1CC=C(c2ccc3c(c2)C(Nc2cccc(C)c2)CCN/C3=C(/C)N)CC1. The lowest BCUT2D eigenvalue weighted by Gasteiger charge is -2.27. The molecule has 164 valence electrons. The monoisotopic (exact) mass is 416 g/mol. The molecule has 0 amide bonds. The summed E-state index contributed by atoms with van der Waals surface area (Å²) in [5, 5.41) is 7.38. The molecule has 2 heterocycles. The number of fused-ring (bicyclic) bond motifs is 1. The number of benzene rings is 2. The molecule has 2 aromatic carbocycles. The first-order valence-corrected chi connectivity index (χ1v) is 11.6. The third kappa shape index (κ3) is 4.96. The number of nitrogens with two attached hydrogens (primary N) is 1. The van der Waals surface area contributed by atoms with E-state index < -0.39 is 0 Å². The van der Waals surface area contributed by atoms with E-state index in [-0.39, 0.29) is 6.04 Å². The molecule has 2 aliphatic heterocycles. The molecular weight excluding hydrogens is 380 g/mol. The molecule has 4 N–H and O–H groups in total. The van der Waals surface area contributed by atoms with Gasteiger partial charge in [0, 0.05) is 36.6 Å². The zero-order valence-corrected chi connectivity index (χ0v) is 19.2. The molecule has 2 aliphatic rings. The van der Waals surface area contributed by atoms with Crippen LogP contribution in [0.15, 0.2) is 54.2 Å². The minimum absolute atomic E-state index is 0.238. The summed E-state index contributed by atoms with van der Waals surface area (Å²) < 4.78 is 0. The molecule has 2 aromatic rings. The molecule has 0 saturated carbocycles. The third-order valence-corrected chi connectivity index (χ3v) is 6.39. The van der Waals surface area contributed by atoms with E-state index in [0.717, 1.165) is 43.9 Å². The molecule has 0 fully saturated rings. The summed E-state index contributed by atoms with van der Waals surface area (Å²) in [7, 11) is 0. The fourth-order valence-corrected chi connectivity index (χ4v) is 4.80. The Morgan fingerprint density at radius 1 is 1.23 bits per heavy atom. The van der Waals surface area contributed by atoms with Gasteiger partial charge in [-0.25, -0.2) is 0 Å². The Labute approximate surface area is 187 Å². The highest BCUT2D eigenvalue weighted by molar-refractivity contribution is 5.75. The Morgan fingerprint density at radius 2 is 2.10 bits per heavy atom. The maximum absolute atomic E-state index is 6.27. The fraction of sp³-hybridized carbons (Fsp3) is 0.407. The van der Waals surface area contributed by atoms with Crippen molar-refractivity contribution in [2.45, 2.75) is 46.1 Å². The van der Waals surface area contributed by atoms with Gasteiger partial charge in [-0.05, 0) is 80.1 Å². The van der Waals surface area contributed by atoms with Crippen LogP contribution in [0.4, 0.5) is 5.69 Å². The topological polar surface area (TPSA) is 53.3 Å². The van der Waals surface area contributed by atoms with Crippen molar-refractivity contribution in [2.75, 3.05) is 31.5 Å². The van der Waals surface area contributed by atoms with Gasteiger partial charge in [-0.1, -0.05) is 37.3 Å². The lowest BCUT2D eigenvalue weighted by atomic mass is 9.90. The first-order valence-electron chi connectivity index (χ1n) is 11.6. The summed E-state index contributed by atoms with van der Waals surface area (Å²) in [4.78, 5) is 2.54. The van der Waals surface area contributed by atoms with Crippen molar-refractivity contribution in [3.05, 3.63) is 76.5 Å². The van der Waals surface area contributed by atoms with E-state index in [0.29, 0.717) is 0 Å². The lowest BCUT2D eigenvalue weighted by Crippen LogP contribution is -2.29. The molecule has 0 radical (unpaired) electrons. The quantitative estimate of drug-likeness (QED) is 0.620. The van der Waals surface area contributed by atoms with E-state index in [1.54, 1.807) is 0 Å². The highest BCUT2D eigenvalue weighted by Gasteiger charge is 2.23. The molecule has 1 unspecified atom stereocenters. The summed E-state index contributed by atoms with van der Waals surface area (Å²) in [6.45, 7) is 10.7. The van der Waals surface area contributed by atoms with Crippen molar-refractivity contribution in [3.63, 3.8) is 0 Å². The van der Waals surface area contributed by atoms with Gasteiger partial charge in [0.15, 0.2) is 0 Å². The molecule has 1 atom stereocenters. The lowest BCUT2D eigenvalue weighted by molar-refractivity contribution is 0.302. The van der Waals surface area contributed by atoms with Crippen molar-refractivity contribution in [2.24, 2.45) is 5.73 Å². The van der Waals surface area contributed by atoms with Crippen LogP contribution < -0.4 is 16.4 Å². The van der Waals surface area contributed by atoms with Gasteiger partial charge in [-0.3, -0.25) is 4.90 Å². The maximum atomic E-state index is 6.27. The molecule has 0 aliphatic carbocycles. The maximum Gasteiger partial charge on any atom is 0.0605 e. The van der Waals surface area contributed by atoms with Crippen LogP contribution >= 0.6 is 0 Å². The Hall–Kier alpha value is -2.72. The summed E-state index contributed by atoms with van der Waals surface area (Å²) in [6.07, 6.45) is 5.76. The molecule has 0 saturated heterocycles. The Balaban J connectivity index is 1.70. The minimum Gasteiger partial charge on any atom is -0.401 e. The van der Waals surface area contributed by atoms with Crippen LogP contribution in [-0.2, 0) is 0 Å². The average molecular weight is 417 g/mol. The van der Waals surface area contributed by atoms with Crippen molar-refractivity contribution < 1.29 is 0 Å². The second kappa shape index (κ2) is 9.61. The van der Waals surface area contributed by atoms with Gasteiger partial charge in [-0.2, -0.15) is 0 Å². The highest BCUT2D eigenvalue weighted by Crippen LogP contribution is 2.35. The molecular formula is C27H36N4. The first kappa shape index (κ1) is 21.5. The third-order valence-electron chi connectivity index (χ3n) is 6.39. The zero-order valence-electron chi connectivity index (χ0n) is 19.2. The first-order chi connectivity index (χ1) is 15.0. The van der Waals surface area contributed by atoms with Crippen LogP contribution in [0.1, 0.15) is 61.4 Å². The number of rotatable bonds is 5. The number of anilines is 1. The summed E-state index contributed by atoms with van der Waals surface area (Å²) in [5.41, 5.74) is 16.0. The van der Waals surface area contributed by atoms with Gasteiger partial charge < -0.3 is 16.4 Å². The number of nitrogens with one attached hydrogen (secondary N) is 2. The van der Waals surface area contributed by atoms with E-state index in [2.05, 4.69) is 77.9 Å². The van der Waals surface area contributed by atoms with Crippen LogP contribution in [0.2, 0.25) is 0 Å². The summed E-state index contributed by atoms with van der Waals surface area (Å²) in [6, 6.07) is 15.8.